The Kier molecular flexibility index (Phi) is 6.11. The van der Waals surface area contributed by atoms with Crippen molar-refractivity contribution in [2.24, 2.45) is 5.16 Å². The van der Waals surface area contributed by atoms with Gasteiger partial charge in [-0.2, -0.15) is 0 Å². The molecule has 0 saturated carbocycles. The number of oxime groups is 1. The molecule has 1 N–H and O–H groups in total. The van der Waals surface area contributed by atoms with Crippen LogP contribution >= 0.6 is 46.8 Å². The van der Waals surface area contributed by atoms with Crippen molar-refractivity contribution in [1.29, 1.82) is 0 Å². The number of hydrogen-bond donors (Lipinski definition) is 1. The average Bonchev–Trinajstić information content (AvgIpc) is 3.36. The molecule has 2 heterocycles. The van der Waals surface area contributed by atoms with Crippen molar-refractivity contribution in [3.8, 4) is 0 Å². The van der Waals surface area contributed by atoms with E-state index in [1.165, 1.54) is 0 Å². The normalized spacial score (nSPS) is 18.1. The first-order valence-corrected chi connectivity index (χ1v) is 11.4. The first kappa shape index (κ1) is 21.2. The first-order chi connectivity index (χ1) is 14.3. The number of nitrogens with zero attached hydrogens (tertiary/aromatic N) is 2. The number of halogens is 2. The summed E-state index contributed by atoms with van der Waals surface area (Å²) in [6, 6.07) is 11.6. The zero-order valence-electron chi connectivity index (χ0n) is 16.4. The largest absolute Gasteiger partial charge is 0.384 e. The molecule has 3 aromatic rings. The summed E-state index contributed by atoms with van der Waals surface area (Å²) in [5, 5.41) is 10.8. The third kappa shape index (κ3) is 4.52. The molecule has 0 spiro atoms. The number of hydrogen-bond acceptors (Lipinski definition) is 5. The van der Waals surface area contributed by atoms with E-state index in [4.69, 9.17) is 40.3 Å². The van der Waals surface area contributed by atoms with Gasteiger partial charge < -0.3 is 10.2 Å². The van der Waals surface area contributed by atoms with E-state index in [0.29, 0.717) is 28.0 Å². The second kappa shape index (κ2) is 8.63. The maximum atomic E-state index is 6.17. The predicted molar refractivity (Wildman–Crippen MR) is 128 cm³/mol. The van der Waals surface area contributed by atoms with E-state index in [0.717, 1.165) is 33.7 Å². The highest BCUT2D eigenvalue weighted by Gasteiger charge is 2.37. The van der Waals surface area contributed by atoms with E-state index in [1.807, 2.05) is 49.0 Å². The summed E-state index contributed by atoms with van der Waals surface area (Å²) >= 11 is 19.5. The van der Waals surface area contributed by atoms with Crippen LogP contribution in [0.2, 0.25) is 10.0 Å². The Morgan fingerprint density at radius 2 is 2.00 bits per heavy atom. The molecule has 30 heavy (non-hydrogen) atoms. The molecule has 2 aromatic carbocycles. The highest BCUT2D eigenvalue weighted by molar-refractivity contribution is 7.80. The van der Waals surface area contributed by atoms with Crippen molar-refractivity contribution >= 4 is 57.5 Å². The lowest BCUT2D eigenvalue weighted by molar-refractivity contribution is -0.00737. The van der Waals surface area contributed by atoms with E-state index in [1.54, 1.807) is 17.4 Å². The molecule has 1 unspecified atom stereocenters. The minimum atomic E-state index is -0.610. The quantitative estimate of drug-likeness (QED) is 0.442. The number of aryl methyl sites for hydroxylation is 1. The monoisotopic (exact) mass is 475 g/mol. The second-order valence-electron chi connectivity index (χ2n) is 7.39. The Balaban J connectivity index is 1.48. The van der Waals surface area contributed by atoms with Gasteiger partial charge in [-0.25, -0.2) is 4.98 Å². The zero-order chi connectivity index (χ0) is 21.3. The lowest BCUT2D eigenvalue weighted by Crippen LogP contribution is -2.23. The molecule has 1 aliphatic heterocycles. The van der Waals surface area contributed by atoms with Gasteiger partial charge in [-0.1, -0.05) is 52.7 Å². The van der Waals surface area contributed by atoms with E-state index in [9.17, 15) is 0 Å². The summed E-state index contributed by atoms with van der Waals surface area (Å²) < 4.78 is 0. The van der Waals surface area contributed by atoms with Gasteiger partial charge in [0.1, 0.15) is 4.99 Å². The Morgan fingerprint density at radius 3 is 2.67 bits per heavy atom. The molecule has 0 aliphatic carbocycles. The van der Waals surface area contributed by atoms with Crippen molar-refractivity contribution in [2.75, 3.05) is 0 Å². The number of aromatic nitrogens is 1. The van der Waals surface area contributed by atoms with E-state index >= 15 is 0 Å². The van der Waals surface area contributed by atoms with Crippen LogP contribution in [0, 0.1) is 6.92 Å². The maximum absolute atomic E-state index is 6.17. The topological polar surface area (TPSA) is 46.5 Å². The van der Waals surface area contributed by atoms with Crippen molar-refractivity contribution in [3.05, 3.63) is 85.3 Å². The van der Waals surface area contributed by atoms with Crippen LogP contribution in [0.4, 0.5) is 0 Å². The molecule has 1 aliphatic rings. The van der Waals surface area contributed by atoms with Gasteiger partial charge in [-0.15, -0.1) is 11.3 Å². The maximum Gasteiger partial charge on any atom is 0.165 e. The van der Waals surface area contributed by atoms with Gasteiger partial charge in [-0.3, -0.25) is 0 Å². The van der Waals surface area contributed by atoms with Gasteiger partial charge in [-0.05, 0) is 49.2 Å². The summed E-state index contributed by atoms with van der Waals surface area (Å²) in [6.45, 7) is 4.65. The first-order valence-electron chi connectivity index (χ1n) is 9.32. The highest BCUT2D eigenvalue weighted by Crippen LogP contribution is 2.38. The molecule has 4 rings (SSSR count). The highest BCUT2D eigenvalue weighted by atomic mass is 35.5. The fourth-order valence-electron chi connectivity index (χ4n) is 3.40. The van der Waals surface area contributed by atoms with E-state index < -0.39 is 5.60 Å². The third-order valence-corrected chi connectivity index (χ3v) is 6.49. The van der Waals surface area contributed by atoms with Crippen LogP contribution in [-0.4, -0.2) is 15.7 Å². The molecule has 0 amide bonds. The smallest absolute Gasteiger partial charge is 0.165 e. The Bertz CT molecular complexity index is 1110. The minimum absolute atomic E-state index is 0.578. The summed E-state index contributed by atoms with van der Waals surface area (Å²) in [5.41, 5.74) is 7.04. The number of thiazole rings is 1. The van der Waals surface area contributed by atoms with Crippen molar-refractivity contribution < 1.29 is 4.84 Å². The van der Waals surface area contributed by atoms with Crippen LogP contribution in [0.5, 0.6) is 0 Å². The molecule has 0 radical (unpaired) electrons. The van der Waals surface area contributed by atoms with Crippen LogP contribution in [0.1, 0.15) is 41.3 Å². The average molecular weight is 476 g/mol. The van der Waals surface area contributed by atoms with Crippen LogP contribution in [0.15, 0.2) is 52.4 Å². The number of thiocarbonyl (C=S) groups is 1. The summed E-state index contributed by atoms with van der Waals surface area (Å²) in [7, 11) is 0. The predicted octanol–water partition coefficient (Wildman–Crippen LogP) is 6.26. The Hall–Kier alpha value is -1.99. The molecular weight excluding hydrogens is 457 g/mol. The Morgan fingerprint density at radius 1 is 1.23 bits per heavy atom. The molecule has 1 aromatic heterocycles. The zero-order valence-corrected chi connectivity index (χ0v) is 19.6. The van der Waals surface area contributed by atoms with Gasteiger partial charge >= 0.3 is 0 Å². The van der Waals surface area contributed by atoms with Crippen LogP contribution in [0.3, 0.4) is 0 Å². The molecule has 0 bridgehead atoms. The molecule has 8 heteroatoms. The number of benzene rings is 2. The lowest BCUT2D eigenvalue weighted by atomic mass is 9.88. The summed E-state index contributed by atoms with van der Waals surface area (Å²) in [4.78, 5) is 10.8. The van der Waals surface area contributed by atoms with Crippen LogP contribution in [0.25, 0.3) is 0 Å². The van der Waals surface area contributed by atoms with Gasteiger partial charge in [0.15, 0.2) is 5.60 Å². The molecule has 4 nitrogen and oxygen atoms in total. The van der Waals surface area contributed by atoms with Crippen molar-refractivity contribution in [3.63, 3.8) is 0 Å². The third-order valence-electron chi connectivity index (χ3n) is 5.05. The molecule has 0 fully saturated rings. The number of rotatable bonds is 5. The SMILES string of the molecule is Cc1cc(C2=NOC(C)(c3cc(Cl)cc(Cl)c3)C2)ccc1C(=S)NCc1cscn1. The van der Waals surface area contributed by atoms with Gasteiger partial charge in [0, 0.05) is 33.0 Å². The van der Waals surface area contributed by atoms with E-state index in [-0.39, 0.29) is 0 Å². The summed E-state index contributed by atoms with van der Waals surface area (Å²) in [5.74, 6) is 0. The van der Waals surface area contributed by atoms with Gasteiger partial charge in [0.05, 0.1) is 23.5 Å². The molecule has 1 atom stereocenters. The van der Waals surface area contributed by atoms with Crippen LogP contribution in [-0.2, 0) is 17.0 Å². The van der Waals surface area contributed by atoms with E-state index in [2.05, 4.69) is 21.5 Å². The lowest BCUT2D eigenvalue weighted by Gasteiger charge is -2.22. The molecular formula is C22H19Cl2N3OS2. The fraction of sp³-hybridized carbons (Fsp3) is 0.227. The second-order valence-corrected chi connectivity index (χ2v) is 9.39. The Labute approximate surface area is 194 Å². The van der Waals surface area contributed by atoms with Crippen LogP contribution < -0.4 is 5.32 Å². The van der Waals surface area contributed by atoms with Crippen molar-refractivity contribution in [2.45, 2.75) is 32.4 Å². The van der Waals surface area contributed by atoms with Gasteiger partial charge in [0.25, 0.3) is 0 Å². The minimum Gasteiger partial charge on any atom is -0.384 e. The molecule has 0 saturated heterocycles. The fourth-order valence-corrected chi connectivity index (χ4v) is 4.78. The van der Waals surface area contributed by atoms with Crippen molar-refractivity contribution in [1.82, 2.24) is 10.3 Å². The summed E-state index contributed by atoms with van der Waals surface area (Å²) in [6.07, 6.45) is 0.620. The number of nitrogens with one attached hydrogen (secondary N) is 1. The van der Waals surface area contributed by atoms with Gasteiger partial charge in [0.2, 0.25) is 0 Å². The molecule has 154 valence electrons. The standard InChI is InChI=1S/C22H19Cl2N3OS2/c1-13-5-14(3-4-19(13)21(29)25-10-18-11-30-12-26-18)20-9-22(2,28-27-20)15-6-16(23)8-17(24)7-15/h3-8,11-12H,9-10H2,1-2H3,(H,25,29).